The Kier molecular flexibility index (Phi) is 5.47. The fourth-order valence-corrected chi connectivity index (χ4v) is 3.52. The largest absolute Gasteiger partial charge is 0.433 e. The van der Waals surface area contributed by atoms with E-state index < -0.39 is 17.8 Å². The lowest BCUT2D eigenvalue weighted by Gasteiger charge is -2.13. The first-order chi connectivity index (χ1) is 10.9. The first-order valence-corrected chi connectivity index (χ1v) is 8.36. The van der Waals surface area contributed by atoms with Crippen molar-refractivity contribution in [3.05, 3.63) is 29.2 Å². The molecule has 2 rings (SSSR count). The third-order valence-electron chi connectivity index (χ3n) is 2.74. The van der Waals surface area contributed by atoms with Crippen LogP contribution in [-0.2, 0) is 6.18 Å². The number of thioether (sulfide) groups is 1. The molecule has 2 heterocycles. The SMILES string of the molecule is CCSc1scnc1C(=O)Nc1cc(C(F)(F)F)ncc1NC. The number of hydrogen-bond donors (Lipinski definition) is 2. The number of pyridine rings is 1. The molecule has 0 aliphatic carbocycles. The van der Waals surface area contributed by atoms with Gasteiger partial charge in [0.05, 0.1) is 27.3 Å². The Morgan fingerprint density at radius 1 is 1.35 bits per heavy atom. The molecule has 0 atom stereocenters. The van der Waals surface area contributed by atoms with Gasteiger partial charge in [0.15, 0.2) is 5.69 Å². The van der Waals surface area contributed by atoms with Crippen LogP contribution < -0.4 is 10.6 Å². The molecule has 2 aromatic rings. The number of amides is 1. The standard InChI is InChI=1S/C13H13F3N4OS2/c1-3-22-12-10(19-6-23-12)11(21)20-7-4-9(13(14,15)16)18-5-8(7)17-2/h4-6,17H,3H2,1-2H3,(H,18,20,21). The molecule has 0 radical (unpaired) electrons. The van der Waals surface area contributed by atoms with Crippen molar-refractivity contribution in [3.8, 4) is 0 Å². The van der Waals surface area contributed by atoms with Crippen molar-refractivity contribution in [1.82, 2.24) is 9.97 Å². The molecule has 0 saturated heterocycles. The second-order valence-corrected chi connectivity index (χ2v) is 6.63. The van der Waals surface area contributed by atoms with E-state index in [4.69, 9.17) is 0 Å². The van der Waals surface area contributed by atoms with Gasteiger partial charge in [0.25, 0.3) is 5.91 Å². The molecule has 0 saturated carbocycles. The molecule has 10 heteroatoms. The molecule has 0 bridgehead atoms. The number of nitrogens with zero attached hydrogens (tertiary/aromatic N) is 2. The second kappa shape index (κ2) is 7.18. The van der Waals surface area contributed by atoms with Crippen molar-refractivity contribution >= 4 is 40.4 Å². The summed E-state index contributed by atoms with van der Waals surface area (Å²) in [6.07, 6.45) is -3.56. The summed E-state index contributed by atoms with van der Waals surface area (Å²) < 4.78 is 39.0. The predicted molar refractivity (Wildman–Crippen MR) is 85.3 cm³/mol. The first kappa shape index (κ1) is 17.5. The molecule has 5 nitrogen and oxygen atoms in total. The molecule has 0 aliphatic rings. The highest BCUT2D eigenvalue weighted by atomic mass is 32.2. The first-order valence-electron chi connectivity index (χ1n) is 6.49. The Labute approximate surface area is 138 Å². The molecule has 0 aromatic carbocycles. The van der Waals surface area contributed by atoms with E-state index in [2.05, 4.69) is 20.6 Å². The molecule has 0 unspecified atom stereocenters. The zero-order valence-electron chi connectivity index (χ0n) is 12.2. The third-order valence-corrected chi connectivity index (χ3v) is 4.74. The number of thiazole rings is 1. The van der Waals surface area contributed by atoms with E-state index >= 15 is 0 Å². The Morgan fingerprint density at radius 2 is 2.09 bits per heavy atom. The molecule has 2 N–H and O–H groups in total. The number of halogens is 3. The van der Waals surface area contributed by atoms with E-state index in [9.17, 15) is 18.0 Å². The van der Waals surface area contributed by atoms with Gasteiger partial charge in [0, 0.05) is 7.05 Å². The van der Waals surface area contributed by atoms with E-state index in [1.807, 2.05) is 6.92 Å². The van der Waals surface area contributed by atoms with Gasteiger partial charge in [0.2, 0.25) is 0 Å². The zero-order chi connectivity index (χ0) is 17.0. The molecule has 124 valence electrons. The van der Waals surface area contributed by atoms with E-state index in [0.717, 1.165) is 22.2 Å². The third kappa shape index (κ3) is 4.14. The van der Waals surface area contributed by atoms with Crippen LogP contribution >= 0.6 is 23.1 Å². The van der Waals surface area contributed by atoms with Gasteiger partial charge >= 0.3 is 6.18 Å². The van der Waals surface area contributed by atoms with Crippen LogP contribution in [0.1, 0.15) is 23.1 Å². The highest BCUT2D eigenvalue weighted by Crippen LogP contribution is 2.33. The lowest BCUT2D eigenvalue weighted by molar-refractivity contribution is -0.141. The van der Waals surface area contributed by atoms with Gasteiger partial charge in [-0.05, 0) is 11.8 Å². The summed E-state index contributed by atoms with van der Waals surface area (Å²) in [4.78, 5) is 19.6. The highest BCUT2D eigenvalue weighted by molar-refractivity contribution is 8.01. The van der Waals surface area contributed by atoms with Crippen molar-refractivity contribution in [2.24, 2.45) is 0 Å². The fraction of sp³-hybridized carbons (Fsp3) is 0.308. The average molecular weight is 362 g/mol. The topological polar surface area (TPSA) is 66.9 Å². The summed E-state index contributed by atoms with van der Waals surface area (Å²) in [5, 5.41) is 5.16. The van der Waals surface area contributed by atoms with Crippen molar-refractivity contribution in [1.29, 1.82) is 0 Å². The smallest absolute Gasteiger partial charge is 0.385 e. The van der Waals surface area contributed by atoms with Crippen LogP contribution in [0.5, 0.6) is 0 Å². The summed E-state index contributed by atoms with van der Waals surface area (Å²) in [6.45, 7) is 1.93. The molecule has 0 fully saturated rings. The van der Waals surface area contributed by atoms with E-state index in [1.165, 1.54) is 35.7 Å². The van der Waals surface area contributed by atoms with Crippen LogP contribution in [0.3, 0.4) is 0 Å². The van der Waals surface area contributed by atoms with Crippen molar-refractivity contribution < 1.29 is 18.0 Å². The normalized spacial score (nSPS) is 11.3. The summed E-state index contributed by atoms with van der Waals surface area (Å²) in [6, 6.07) is 0.794. The minimum Gasteiger partial charge on any atom is -0.385 e. The van der Waals surface area contributed by atoms with Crippen LogP contribution in [0.25, 0.3) is 0 Å². The lowest BCUT2D eigenvalue weighted by Crippen LogP contribution is -2.16. The van der Waals surface area contributed by atoms with Gasteiger partial charge in [-0.1, -0.05) is 6.92 Å². The number of anilines is 2. The van der Waals surface area contributed by atoms with Gasteiger partial charge in [-0.3, -0.25) is 4.79 Å². The number of alkyl halides is 3. The monoisotopic (exact) mass is 362 g/mol. The van der Waals surface area contributed by atoms with Crippen molar-refractivity contribution in [2.45, 2.75) is 17.3 Å². The van der Waals surface area contributed by atoms with Gasteiger partial charge < -0.3 is 10.6 Å². The van der Waals surface area contributed by atoms with Crippen LogP contribution in [-0.4, -0.2) is 28.7 Å². The lowest BCUT2D eigenvalue weighted by atomic mass is 10.2. The molecule has 2 aromatic heterocycles. The summed E-state index contributed by atoms with van der Waals surface area (Å²) in [5.41, 5.74) is 0.939. The zero-order valence-corrected chi connectivity index (χ0v) is 13.8. The van der Waals surface area contributed by atoms with Crippen LogP contribution in [0.4, 0.5) is 24.5 Å². The summed E-state index contributed by atoms with van der Waals surface area (Å²) >= 11 is 2.77. The second-order valence-electron chi connectivity index (χ2n) is 4.24. The number of aromatic nitrogens is 2. The van der Waals surface area contributed by atoms with Crippen molar-refractivity contribution in [2.75, 3.05) is 23.4 Å². The minimum atomic E-state index is -4.59. The Morgan fingerprint density at radius 3 is 2.70 bits per heavy atom. The predicted octanol–water partition coefficient (Wildman–Crippen LogP) is 3.96. The van der Waals surface area contributed by atoms with E-state index in [1.54, 1.807) is 0 Å². The molecule has 0 aliphatic heterocycles. The molecular formula is C13H13F3N4OS2. The minimum absolute atomic E-state index is 0.000253. The van der Waals surface area contributed by atoms with Gasteiger partial charge in [-0.2, -0.15) is 13.2 Å². The van der Waals surface area contributed by atoms with Gasteiger partial charge in [-0.25, -0.2) is 9.97 Å². The fourth-order valence-electron chi connectivity index (χ4n) is 1.71. The quantitative estimate of drug-likeness (QED) is 0.788. The van der Waals surface area contributed by atoms with Crippen LogP contribution in [0.2, 0.25) is 0 Å². The van der Waals surface area contributed by atoms with Crippen LogP contribution in [0, 0.1) is 0 Å². The average Bonchev–Trinajstić information content (AvgIpc) is 2.95. The number of hydrogen-bond acceptors (Lipinski definition) is 6. The van der Waals surface area contributed by atoms with Gasteiger partial charge in [-0.15, -0.1) is 23.1 Å². The van der Waals surface area contributed by atoms with Crippen LogP contribution in [0.15, 0.2) is 22.0 Å². The Hall–Kier alpha value is -1.81. The number of nitrogens with one attached hydrogen (secondary N) is 2. The maximum Gasteiger partial charge on any atom is 0.433 e. The highest BCUT2D eigenvalue weighted by Gasteiger charge is 2.33. The number of rotatable bonds is 5. The maximum absolute atomic E-state index is 12.8. The van der Waals surface area contributed by atoms with Crippen molar-refractivity contribution in [3.63, 3.8) is 0 Å². The van der Waals surface area contributed by atoms with E-state index in [0.29, 0.717) is 0 Å². The number of carbonyl (C=O) groups excluding carboxylic acids is 1. The Bertz CT molecular complexity index is 703. The summed E-state index contributed by atoms with van der Waals surface area (Å²) in [5.74, 6) is 0.204. The maximum atomic E-state index is 12.8. The summed E-state index contributed by atoms with van der Waals surface area (Å²) in [7, 11) is 1.53. The van der Waals surface area contributed by atoms with Gasteiger partial charge in [0.1, 0.15) is 5.69 Å². The molecule has 1 amide bonds. The van der Waals surface area contributed by atoms with E-state index in [-0.39, 0.29) is 17.1 Å². The Balaban J connectivity index is 2.31. The number of carbonyl (C=O) groups is 1. The molecule has 23 heavy (non-hydrogen) atoms. The molecule has 0 spiro atoms. The molecular weight excluding hydrogens is 349 g/mol.